The average Bonchev–Trinajstić information content (AvgIpc) is 3.64. The summed E-state index contributed by atoms with van der Waals surface area (Å²) in [7, 11) is 1.61. The number of methoxy groups -OCH3 is 1. The van der Waals surface area contributed by atoms with E-state index in [2.05, 4.69) is 4.98 Å². The normalized spacial score (nSPS) is 20.1. The Morgan fingerprint density at radius 2 is 1.95 bits per heavy atom. The van der Waals surface area contributed by atoms with E-state index in [0.717, 1.165) is 18.4 Å². The molecular weight excluding hydrogens is 565 g/mol. The van der Waals surface area contributed by atoms with Crippen LogP contribution < -0.4 is 16.0 Å². The van der Waals surface area contributed by atoms with Crippen molar-refractivity contribution in [2.45, 2.75) is 63.5 Å². The quantitative estimate of drug-likeness (QED) is 0.242. The van der Waals surface area contributed by atoms with E-state index < -0.39 is 18.5 Å². The number of benzene rings is 1. The number of halogens is 1. The molecular formula is C30H34FN3O7S. The Bertz CT molecular complexity index is 1640. The number of hydrogen-bond donors (Lipinski definition) is 0. The number of para-hydroxylation sites is 1. The van der Waals surface area contributed by atoms with E-state index >= 15 is 0 Å². The van der Waals surface area contributed by atoms with E-state index in [4.69, 9.17) is 23.4 Å². The Balaban J connectivity index is 1.48. The third kappa shape index (κ3) is 5.44. The third-order valence-corrected chi connectivity index (χ3v) is 9.40. The number of nitrogens with zero attached hydrogens (tertiary/aromatic N) is 3. The molecule has 3 aromatic heterocycles. The first-order valence-corrected chi connectivity index (χ1v) is 15.0. The van der Waals surface area contributed by atoms with Gasteiger partial charge in [-0.3, -0.25) is 13.9 Å². The number of hydrogen-bond acceptors (Lipinski definition) is 9. The van der Waals surface area contributed by atoms with Crippen molar-refractivity contribution in [2.24, 2.45) is 0 Å². The summed E-state index contributed by atoms with van der Waals surface area (Å²) in [6.45, 7) is 2.65. The number of oxazole rings is 1. The zero-order chi connectivity index (χ0) is 29.2. The van der Waals surface area contributed by atoms with Gasteiger partial charge in [-0.2, -0.15) is 0 Å². The maximum atomic E-state index is 14.3. The van der Waals surface area contributed by atoms with Gasteiger partial charge in [0, 0.05) is 24.8 Å². The highest BCUT2D eigenvalue weighted by Crippen LogP contribution is 2.39. The summed E-state index contributed by atoms with van der Waals surface area (Å²) in [6, 6.07) is 7.27. The molecule has 1 aromatic carbocycles. The van der Waals surface area contributed by atoms with Crippen molar-refractivity contribution in [3.05, 3.63) is 68.7 Å². The first-order valence-electron chi connectivity index (χ1n) is 14.2. The molecule has 4 aromatic rings. The standard InChI is InChI=1S/C30H34FN3O7S/c1-18-25-28(35)34(19-15-21(16-19)39-13-9-31)30(36)33(29(25)42-26(18)27-32-10-14-40-27)17-24(41-20-7-11-38-12-8-20)22-5-3-4-6-23(22)37-2/h3-6,10,14,19-21,24H,7-9,11-13,15-17H2,1-2H3. The van der Waals surface area contributed by atoms with Crippen LogP contribution in [0, 0.1) is 6.92 Å². The van der Waals surface area contributed by atoms with Gasteiger partial charge in [0.15, 0.2) is 0 Å². The van der Waals surface area contributed by atoms with Gasteiger partial charge < -0.3 is 23.4 Å². The Hall–Kier alpha value is -3.32. The van der Waals surface area contributed by atoms with Crippen LogP contribution in [0.2, 0.25) is 0 Å². The summed E-state index contributed by atoms with van der Waals surface area (Å²) in [4.78, 5) is 33.8. The molecule has 0 radical (unpaired) electrons. The lowest BCUT2D eigenvalue weighted by atomic mass is 9.89. The molecule has 2 fully saturated rings. The van der Waals surface area contributed by atoms with Gasteiger partial charge in [0.25, 0.3) is 5.56 Å². The Morgan fingerprint density at radius 3 is 2.67 bits per heavy atom. The predicted molar refractivity (Wildman–Crippen MR) is 155 cm³/mol. The predicted octanol–water partition coefficient (Wildman–Crippen LogP) is 4.82. The van der Waals surface area contributed by atoms with E-state index in [0.29, 0.717) is 58.4 Å². The lowest BCUT2D eigenvalue weighted by Crippen LogP contribution is -2.48. The molecule has 1 saturated carbocycles. The largest absolute Gasteiger partial charge is 0.496 e. The molecule has 0 spiro atoms. The molecule has 1 aliphatic carbocycles. The molecule has 1 saturated heterocycles. The fourth-order valence-corrected chi connectivity index (χ4v) is 7.08. The lowest BCUT2D eigenvalue weighted by Gasteiger charge is -2.36. The molecule has 0 amide bonds. The monoisotopic (exact) mass is 599 g/mol. The summed E-state index contributed by atoms with van der Waals surface area (Å²) in [5.74, 6) is 1.04. The van der Waals surface area contributed by atoms with Gasteiger partial charge in [-0.15, -0.1) is 11.3 Å². The minimum atomic E-state index is -0.574. The lowest BCUT2D eigenvalue weighted by molar-refractivity contribution is -0.0755. The Labute approximate surface area is 245 Å². The Kier molecular flexibility index (Phi) is 8.57. The molecule has 42 heavy (non-hydrogen) atoms. The van der Waals surface area contributed by atoms with E-state index in [1.165, 1.54) is 22.2 Å². The van der Waals surface area contributed by atoms with E-state index in [9.17, 15) is 14.0 Å². The molecule has 6 rings (SSSR count). The van der Waals surface area contributed by atoms with E-state index in [1.54, 1.807) is 17.9 Å². The molecule has 0 bridgehead atoms. The summed E-state index contributed by atoms with van der Waals surface area (Å²) < 4.78 is 44.7. The van der Waals surface area contributed by atoms with Gasteiger partial charge in [-0.1, -0.05) is 18.2 Å². The van der Waals surface area contributed by atoms with E-state index in [1.807, 2.05) is 31.2 Å². The molecule has 10 nitrogen and oxygen atoms in total. The number of ether oxygens (including phenoxy) is 4. The van der Waals surface area contributed by atoms with Crippen molar-refractivity contribution >= 4 is 21.6 Å². The molecule has 1 aliphatic heterocycles. The van der Waals surface area contributed by atoms with Crippen molar-refractivity contribution in [3.8, 4) is 16.5 Å². The van der Waals surface area contributed by atoms with Crippen LogP contribution in [0.5, 0.6) is 5.75 Å². The minimum Gasteiger partial charge on any atom is -0.496 e. The average molecular weight is 600 g/mol. The zero-order valence-electron chi connectivity index (χ0n) is 23.6. The molecule has 12 heteroatoms. The highest BCUT2D eigenvalue weighted by molar-refractivity contribution is 7.22. The van der Waals surface area contributed by atoms with Crippen LogP contribution in [0.1, 0.15) is 49.0 Å². The molecule has 2 aliphatic rings. The third-order valence-electron chi connectivity index (χ3n) is 8.09. The molecule has 0 N–H and O–H groups in total. The molecule has 1 atom stereocenters. The van der Waals surface area contributed by atoms with Gasteiger partial charge in [0.05, 0.1) is 48.9 Å². The van der Waals surface area contributed by atoms with Crippen molar-refractivity contribution < 1.29 is 27.8 Å². The van der Waals surface area contributed by atoms with Gasteiger partial charge >= 0.3 is 5.69 Å². The second-order valence-electron chi connectivity index (χ2n) is 10.6. The fourth-order valence-electron chi connectivity index (χ4n) is 5.84. The number of thiophene rings is 1. The van der Waals surface area contributed by atoms with Gasteiger partial charge in [0.1, 0.15) is 29.6 Å². The topological polar surface area (TPSA) is 107 Å². The highest BCUT2D eigenvalue weighted by Gasteiger charge is 2.36. The number of aromatic nitrogens is 3. The fraction of sp³-hybridized carbons (Fsp3) is 0.500. The number of rotatable bonds is 11. The van der Waals surface area contributed by atoms with Crippen LogP contribution in [0.3, 0.4) is 0 Å². The second-order valence-corrected chi connectivity index (χ2v) is 11.6. The Morgan fingerprint density at radius 1 is 1.17 bits per heavy atom. The number of fused-ring (bicyclic) bond motifs is 1. The molecule has 224 valence electrons. The van der Waals surface area contributed by atoms with Crippen molar-refractivity contribution in [2.75, 3.05) is 33.6 Å². The van der Waals surface area contributed by atoms with Crippen LogP contribution in [-0.2, 0) is 20.8 Å². The van der Waals surface area contributed by atoms with E-state index in [-0.39, 0.29) is 37.0 Å². The zero-order valence-corrected chi connectivity index (χ0v) is 24.4. The van der Waals surface area contributed by atoms with Crippen molar-refractivity contribution in [1.82, 2.24) is 14.1 Å². The maximum absolute atomic E-state index is 14.3. The van der Waals surface area contributed by atoms with Crippen molar-refractivity contribution in [1.29, 1.82) is 0 Å². The van der Waals surface area contributed by atoms with Gasteiger partial charge in [0.2, 0.25) is 5.89 Å². The summed E-state index contributed by atoms with van der Waals surface area (Å²) in [5.41, 5.74) is 0.741. The first kappa shape index (κ1) is 28.8. The van der Waals surface area contributed by atoms with Gasteiger partial charge in [-0.05, 0) is 44.2 Å². The minimum absolute atomic E-state index is 0.00281. The summed E-state index contributed by atoms with van der Waals surface area (Å²) >= 11 is 1.31. The number of aryl methyl sites for hydroxylation is 1. The maximum Gasteiger partial charge on any atom is 0.332 e. The highest BCUT2D eigenvalue weighted by atomic mass is 32.1. The van der Waals surface area contributed by atoms with Crippen LogP contribution in [0.4, 0.5) is 4.39 Å². The van der Waals surface area contributed by atoms with Crippen LogP contribution in [0.25, 0.3) is 21.0 Å². The molecule has 1 unspecified atom stereocenters. The number of alkyl halides is 1. The van der Waals surface area contributed by atoms with Crippen molar-refractivity contribution in [3.63, 3.8) is 0 Å². The van der Waals surface area contributed by atoms with Crippen LogP contribution >= 0.6 is 11.3 Å². The molecule has 4 heterocycles. The van der Waals surface area contributed by atoms with Crippen LogP contribution in [0.15, 0.2) is 50.7 Å². The summed E-state index contributed by atoms with van der Waals surface area (Å²) in [6.07, 6.45) is 4.66. The summed E-state index contributed by atoms with van der Waals surface area (Å²) in [5, 5.41) is 0.450. The first-order chi connectivity index (χ1) is 20.5. The van der Waals surface area contributed by atoms with Gasteiger partial charge in [-0.25, -0.2) is 14.2 Å². The SMILES string of the molecule is COc1ccccc1C(Cn1c(=O)n(C2CC(OCCF)C2)c(=O)c2c(C)c(-c3ncco3)sc21)OC1CCOCC1. The van der Waals surface area contributed by atoms with Crippen LogP contribution in [-0.4, -0.2) is 59.9 Å². The second kappa shape index (κ2) is 12.5. The smallest absolute Gasteiger partial charge is 0.332 e.